The molecule has 0 bridgehead atoms. The van der Waals surface area contributed by atoms with Gasteiger partial charge in [-0.3, -0.25) is 14.8 Å². The van der Waals surface area contributed by atoms with Crippen LogP contribution < -0.4 is 9.64 Å². The van der Waals surface area contributed by atoms with E-state index in [1.165, 1.54) is 38.5 Å². The molecule has 6 heteroatoms. The van der Waals surface area contributed by atoms with Crippen LogP contribution in [0.5, 0.6) is 5.75 Å². The number of piperidine rings is 1. The number of aliphatic carboxylic acids is 1. The Hall–Kier alpha value is -2.63. The number of aryl methyl sites for hydroxylation is 1. The minimum Gasteiger partial charge on any atom is -0.492 e. The first-order valence-electron chi connectivity index (χ1n) is 12.9. The molecule has 4 rings (SSSR count). The maximum absolute atomic E-state index is 11.7. The van der Waals surface area contributed by atoms with E-state index >= 15 is 0 Å². The molecule has 2 fully saturated rings. The number of anilines is 1. The predicted octanol–water partition coefficient (Wildman–Crippen LogP) is 6.05. The summed E-state index contributed by atoms with van der Waals surface area (Å²) in [5.41, 5.74) is 4.55. The zero-order valence-corrected chi connectivity index (χ0v) is 21.0. The Morgan fingerprint density at radius 2 is 1.79 bits per heavy atom. The highest BCUT2D eigenvalue weighted by Crippen LogP contribution is 2.39. The fourth-order valence-electron chi connectivity index (χ4n) is 5.25. The van der Waals surface area contributed by atoms with Crippen molar-refractivity contribution in [3.05, 3.63) is 35.8 Å². The Bertz CT molecular complexity index is 969. The van der Waals surface area contributed by atoms with Crippen molar-refractivity contribution in [3.8, 4) is 17.0 Å². The maximum atomic E-state index is 11.7. The molecule has 3 heterocycles. The van der Waals surface area contributed by atoms with Gasteiger partial charge in [0.1, 0.15) is 5.75 Å². The lowest BCUT2D eigenvalue weighted by molar-refractivity contribution is -0.136. The molecule has 0 atom stereocenters. The van der Waals surface area contributed by atoms with Crippen LogP contribution in [0.3, 0.4) is 0 Å². The van der Waals surface area contributed by atoms with E-state index in [1.54, 1.807) is 6.20 Å². The number of hydrogen-bond donors (Lipinski definition) is 1. The smallest absolute Gasteiger partial charge is 0.307 e. The number of pyridine rings is 2. The van der Waals surface area contributed by atoms with E-state index in [9.17, 15) is 9.90 Å². The zero-order valence-electron chi connectivity index (χ0n) is 21.0. The van der Waals surface area contributed by atoms with Crippen molar-refractivity contribution in [1.82, 2.24) is 9.97 Å². The second kappa shape index (κ2) is 10.7. The molecule has 34 heavy (non-hydrogen) atoms. The third kappa shape index (κ3) is 6.08. The average molecular weight is 466 g/mol. The molecule has 1 saturated carbocycles. The second-order valence-corrected chi connectivity index (χ2v) is 10.9. The van der Waals surface area contributed by atoms with Crippen molar-refractivity contribution in [2.24, 2.45) is 11.3 Å². The SMILES string of the molecule is Cc1ncc(-c2ccc(OCC3CCCCCC3)cn2)c(N2CCC(C)(C)CC2)c1CC(=O)O. The van der Waals surface area contributed by atoms with Crippen molar-refractivity contribution >= 4 is 11.7 Å². The largest absolute Gasteiger partial charge is 0.492 e. The molecule has 184 valence electrons. The number of hydrogen-bond acceptors (Lipinski definition) is 5. The van der Waals surface area contributed by atoms with Crippen molar-refractivity contribution in [3.63, 3.8) is 0 Å². The lowest BCUT2D eigenvalue weighted by Gasteiger charge is -2.40. The zero-order chi connectivity index (χ0) is 24.1. The Labute approximate surface area is 203 Å². The molecule has 0 aromatic carbocycles. The summed E-state index contributed by atoms with van der Waals surface area (Å²) in [7, 11) is 0. The summed E-state index contributed by atoms with van der Waals surface area (Å²) in [6, 6.07) is 3.97. The molecule has 2 aromatic rings. The van der Waals surface area contributed by atoms with E-state index in [1.807, 2.05) is 25.3 Å². The fraction of sp³-hybridized carbons (Fsp3) is 0.607. The number of carboxylic acids is 1. The van der Waals surface area contributed by atoms with Crippen LogP contribution >= 0.6 is 0 Å². The Morgan fingerprint density at radius 3 is 2.41 bits per heavy atom. The van der Waals surface area contributed by atoms with Gasteiger partial charge >= 0.3 is 5.97 Å². The third-order valence-corrected chi connectivity index (χ3v) is 7.60. The molecule has 1 saturated heterocycles. The standard InChI is InChI=1S/C28H39N3O3/c1-20-23(16-26(32)33)27(31-14-12-28(2,3)13-15-31)24(18-29-20)25-11-10-22(17-30-25)34-19-21-8-6-4-5-7-9-21/h10-11,17-18,21H,4-9,12-16,19H2,1-3H3,(H,32,33). The summed E-state index contributed by atoms with van der Waals surface area (Å²) in [5, 5.41) is 9.60. The van der Waals surface area contributed by atoms with E-state index in [-0.39, 0.29) is 6.42 Å². The van der Waals surface area contributed by atoms with Gasteiger partial charge in [0.2, 0.25) is 0 Å². The highest BCUT2D eigenvalue weighted by Gasteiger charge is 2.29. The maximum Gasteiger partial charge on any atom is 0.307 e. The van der Waals surface area contributed by atoms with E-state index in [4.69, 9.17) is 9.72 Å². The number of carboxylic acid groups (broad SMARTS) is 1. The highest BCUT2D eigenvalue weighted by atomic mass is 16.5. The van der Waals surface area contributed by atoms with Gasteiger partial charge < -0.3 is 14.7 Å². The van der Waals surface area contributed by atoms with E-state index in [2.05, 4.69) is 23.7 Å². The number of aromatic nitrogens is 2. The number of rotatable bonds is 7. The summed E-state index contributed by atoms with van der Waals surface area (Å²) < 4.78 is 6.09. The molecule has 0 radical (unpaired) electrons. The van der Waals surface area contributed by atoms with Crippen LogP contribution in [0, 0.1) is 18.3 Å². The predicted molar refractivity (Wildman–Crippen MR) is 135 cm³/mol. The number of carbonyl (C=O) groups is 1. The molecule has 6 nitrogen and oxygen atoms in total. The quantitative estimate of drug-likeness (QED) is 0.501. The van der Waals surface area contributed by atoms with Gasteiger partial charge in [0.25, 0.3) is 0 Å². The van der Waals surface area contributed by atoms with Crippen molar-refractivity contribution in [1.29, 1.82) is 0 Å². The van der Waals surface area contributed by atoms with Crippen LogP contribution in [0.25, 0.3) is 11.3 Å². The first-order valence-corrected chi connectivity index (χ1v) is 12.9. The monoisotopic (exact) mass is 465 g/mol. The first-order chi connectivity index (χ1) is 16.3. The summed E-state index contributed by atoms with van der Waals surface area (Å²) in [5.74, 6) is 0.591. The summed E-state index contributed by atoms with van der Waals surface area (Å²) >= 11 is 0. The van der Waals surface area contributed by atoms with Crippen LogP contribution in [-0.4, -0.2) is 40.7 Å². The molecule has 0 unspecified atom stereocenters. The molecule has 1 aliphatic carbocycles. The average Bonchev–Trinajstić information content (AvgIpc) is 3.08. The summed E-state index contributed by atoms with van der Waals surface area (Å²) in [6.45, 7) is 9.06. The lowest BCUT2D eigenvalue weighted by atomic mass is 9.82. The normalized spacial score (nSPS) is 19.0. The van der Waals surface area contributed by atoms with Gasteiger partial charge in [-0.05, 0) is 56.1 Å². The van der Waals surface area contributed by atoms with E-state index < -0.39 is 5.97 Å². The van der Waals surface area contributed by atoms with Gasteiger partial charge in [-0.25, -0.2) is 0 Å². The van der Waals surface area contributed by atoms with Crippen LogP contribution in [0.4, 0.5) is 5.69 Å². The van der Waals surface area contributed by atoms with Crippen molar-refractivity contribution in [2.75, 3.05) is 24.6 Å². The third-order valence-electron chi connectivity index (χ3n) is 7.60. The Morgan fingerprint density at radius 1 is 1.09 bits per heavy atom. The molecule has 2 aliphatic rings. The Balaban J connectivity index is 1.58. The van der Waals surface area contributed by atoms with Crippen molar-refractivity contribution in [2.45, 2.75) is 78.6 Å². The number of nitrogens with zero attached hydrogens (tertiary/aromatic N) is 3. The van der Waals surface area contributed by atoms with Crippen LogP contribution in [0.2, 0.25) is 0 Å². The van der Waals surface area contributed by atoms with Gasteiger partial charge in [0.05, 0.1) is 30.6 Å². The van der Waals surface area contributed by atoms with Gasteiger partial charge in [0.15, 0.2) is 0 Å². The van der Waals surface area contributed by atoms with Gasteiger partial charge in [-0.1, -0.05) is 39.5 Å². The molecule has 1 N–H and O–H groups in total. The lowest BCUT2D eigenvalue weighted by Crippen LogP contribution is -2.38. The highest BCUT2D eigenvalue weighted by molar-refractivity contribution is 5.83. The van der Waals surface area contributed by atoms with Crippen LogP contribution in [0.1, 0.15) is 76.5 Å². The van der Waals surface area contributed by atoms with Gasteiger partial charge in [0, 0.05) is 36.1 Å². The molecule has 0 spiro atoms. The molecule has 1 aliphatic heterocycles. The Kier molecular flexibility index (Phi) is 7.74. The molecular formula is C28H39N3O3. The van der Waals surface area contributed by atoms with Crippen molar-refractivity contribution < 1.29 is 14.6 Å². The van der Waals surface area contributed by atoms with E-state index in [0.29, 0.717) is 11.3 Å². The van der Waals surface area contributed by atoms with E-state index in [0.717, 1.165) is 66.5 Å². The minimum atomic E-state index is -0.837. The molecule has 2 aromatic heterocycles. The van der Waals surface area contributed by atoms with Crippen LogP contribution in [-0.2, 0) is 11.2 Å². The fourth-order valence-corrected chi connectivity index (χ4v) is 5.25. The minimum absolute atomic E-state index is 0.0372. The first kappa shape index (κ1) is 24.5. The van der Waals surface area contributed by atoms with Gasteiger partial charge in [-0.2, -0.15) is 0 Å². The number of ether oxygens (including phenoxy) is 1. The molecule has 0 amide bonds. The van der Waals surface area contributed by atoms with Gasteiger partial charge in [-0.15, -0.1) is 0 Å². The summed E-state index contributed by atoms with van der Waals surface area (Å²) in [4.78, 5) is 23.3. The summed E-state index contributed by atoms with van der Waals surface area (Å²) in [6.07, 6.45) is 13.6. The van der Waals surface area contributed by atoms with Crippen LogP contribution in [0.15, 0.2) is 24.5 Å². The second-order valence-electron chi connectivity index (χ2n) is 10.9. The molecular weight excluding hydrogens is 426 g/mol. The topological polar surface area (TPSA) is 75.6 Å².